The zero-order valence-corrected chi connectivity index (χ0v) is 24.9. The van der Waals surface area contributed by atoms with Gasteiger partial charge in [0, 0.05) is 29.3 Å². The number of rotatable bonds is 5. The van der Waals surface area contributed by atoms with Gasteiger partial charge in [0.1, 0.15) is 11.2 Å². The number of halogens is 3. The summed E-state index contributed by atoms with van der Waals surface area (Å²) in [4.78, 5) is 9.18. The van der Waals surface area contributed by atoms with Gasteiger partial charge in [0.15, 0.2) is 0 Å². The standard InChI is InChI=1S/C35H25Cl3N4/c1-23-19-24(17-18-39-23)33-29-22-30-25(21-32(40-30)35(36,37)38)20-31(29)42(41-33)34(26-11-5-2-6-12-26,27-13-7-3-8-14-27)28-15-9-4-10-16-28/h2-20,22H,21H2,1H3. The van der Waals surface area contributed by atoms with E-state index in [2.05, 4.69) is 101 Å². The van der Waals surface area contributed by atoms with Crippen molar-refractivity contribution >= 4 is 57.1 Å². The number of nitrogens with zero attached hydrogens (tertiary/aromatic N) is 4. The van der Waals surface area contributed by atoms with Crippen molar-refractivity contribution in [1.29, 1.82) is 0 Å². The minimum absolute atomic E-state index is 0.450. The predicted molar refractivity (Wildman–Crippen MR) is 173 cm³/mol. The Morgan fingerprint density at radius 1 is 0.714 bits per heavy atom. The number of aliphatic imine (C=N–C) groups is 1. The Balaban J connectivity index is 1.63. The maximum Gasteiger partial charge on any atom is 0.229 e. The highest BCUT2D eigenvalue weighted by Gasteiger charge is 2.41. The van der Waals surface area contributed by atoms with E-state index in [1.807, 2.05) is 37.4 Å². The molecule has 0 saturated heterocycles. The van der Waals surface area contributed by atoms with Crippen LogP contribution in [0.15, 0.2) is 126 Å². The Morgan fingerprint density at radius 3 is 1.81 bits per heavy atom. The number of hydrogen-bond acceptors (Lipinski definition) is 3. The molecule has 0 N–H and O–H groups in total. The summed E-state index contributed by atoms with van der Waals surface area (Å²) in [7, 11) is 0. The number of aryl methyl sites for hydroxylation is 1. The van der Waals surface area contributed by atoms with Crippen LogP contribution in [-0.2, 0) is 12.0 Å². The van der Waals surface area contributed by atoms with Crippen molar-refractivity contribution in [3.63, 3.8) is 0 Å². The van der Waals surface area contributed by atoms with Crippen LogP contribution in [0.1, 0.15) is 27.9 Å². The Kier molecular flexibility index (Phi) is 6.66. The molecule has 0 spiro atoms. The monoisotopic (exact) mass is 606 g/mol. The lowest BCUT2D eigenvalue weighted by molar-refractivity contribution is 0.477. The fourth-order valence-electron chi connectivity index (χ4n) is 6.03. The van der Waals surface area contributed by atoms with E-state index in [0.29, 0.717) is 12.1 Å². The molecule has 7 heteroatoms. The second-order valence-electron chi connectivity index (χ2n) is 10.5. The normalized spacial score (nSPS) is 13.3. The van der Waals surface area contributed by atoms with Crippen molar-refractivity contribution in [2.24, 2.45) is 4.99 Å². The van der Waals surface area contributed by atoms with E-state index in [1.54, 1.807) is 0 Å². The molecular formula is C35H25Cl3N4. The summed E-state index contributed by atoms with van der Waals surface area (Å²) in [5.41, 5.74) is 8.43. The molecule has 42 heavy (non-hydrogen) atoms. The number of pyridine rings is 1. The van der Waals surface area contributed by atoms with Crippen LogP contribution in [-0.4, -0.2) is 24.3 Å². The largest absolute Gasteiger partial charge is 0.262 e. The summed E-state index contributed by atoms with van der Waals surface area (Å²) in [5.74, 6) is 0. The Bertz CT molecular complexity index is 1850. The molecule has 0 unspecified atom stereocenters. The third-order valence-electron chi connectivity index (χ3n) is 7.88. The Morgan fingerprint density at radius 2 is 1.29 bits per heavy atom. The van der Waals surface area contributed by atoms with Gasteiger partial charge < -0.3 is 0 Å². The maximum absolute atomic E-state index is 6.30. The molecule has 2 aromatic heterocycles. The molecule has 0 amide bonds. The van der Waals surface area contributed by atoms with Crippen LogP contribution in [0.2, 0.25) is 0 Å². The lowest BCUT2D eigenvalue weighted by atomic mass is 9.77. The SMILES string of the molecule is Cc1cc(-c2nn(C(c3ccccc3)(c3ccccc3)c3ccccc3)c3cc4c(cc23)N=C(C(Cl)(Cl)Cl)C4)ccn1. The molecule has 0 atom stereocenters. The first-order chi connectivity index (χ1) is 20.4. The van der Waals surface area contributed by atoms with Crippen molar-refractivity contribution in [2.75, 3.05) is 0 Å². The van der Waals surface area contributed by atoms with Gasteiger partial charge in [-0.3, -0.25) is 9.98 Å². The zero-order chi connectivity index (χ0) is 28.9. The average Bonchev–Trinajstić information content (AvgIpc) is 3.60. The molecule has 0 bridgehead atoms. The lowest BCUT2D eigenvalue weighted by Crippen LogP contribution is -2.38. The fraction of sp³-hybridized carbons (Fsp3) is 0.114. The highest BCUT2D eigenvalue weighted by molar-refractivity contribution is 6.77. The number of benzene rings is 4. The molecule has 6 aromatic rings. The van der Waals surface area contributed by atoms with E-state index in [1.165, 1.54) is 0 Å². The summed E-state index contributed by atoms with van der Waals surface area (Å²) in [6, 6.07) is 39.9. The van der Waals surface area contributed by atoms with Gasteiger partial charge >= 0.3 is 0 Å². The first kappa shape index (κ1) is 26.9. The third-order valence-corrected chi connectivity index (χ3v) is 8.54. The Hall–Kier alpha value is -3.96. The molecule has 1 aliphatic heterocycles. The molecule has 0 radical (unpaired) electrons. The number of hydrogen-bond donors (Lipinski definition) is 0. The topological polar surface area (TPSA) is 43.1 Å². The van der Waals surface area contributed by atoms with Crippen molar-refractivity contribution in [1.82, 2.24) is 14.8 Å². The predicted octanol–water partition coefficient (Wildman–Crippen LogP) is 9.25. The lowest BCUT2D eigenvalue weighted by Gasteiger charge is -2.37. The van der Waals surface area contributed by atoms with Crippen LogP contribution < -0.4 is 0 Å². The van der Waals surface area contributed by atoms with Crippen molar-refractivity contribution in [3.05, 3.63) is 149 Å². The summed E-state index contributed by atoms with van der Waals surface area (Å²) in [6.45, 7) is 1.99. The highest BCUT2D eigenvalue weighted by Crippen LogP contribution is 2.46. The smallest absolute Gasteiger partial charge is 0.229 e. The Labute approximate surface area is 259 Å². The minimum atomic E-state index is -1.58. The van der Waals surface area contributed by atoms with Crippen LogP contribution >= 0.6 is 34.8 Å². The van der Waals surface area contributed by atoms with Gasteiger partial charge in [0.05, 0.1) is 16.9 Å². The van der Waals surface area contributed by atoms with E-state index >= 15 is 0 Å². The third kappa shape index (κ3) is 4.42. The molecule has 206 valence electrons. The first-order valence-electron chi connectivity index (χ1n) is 13.7. The van der Waals surface area contributed by atoms with Crippen LogP contribution in [0.25, 0.3) is 22.2 Å². The van der Waals surface area contributed by atoms with Crippen molar-refractivity contribution in [3.8, 4) is 11.3 Å². The fourth-order valence-corrected chi connectivity index (χ4v) is 6.36. The minimum Gasteiger partial charge on any atom is -0.262 e. The van der Waals surface area contributed by atoms with E-state index in [9.17, 15) is 0 Å². The molecule has 4 aromatic carbocycles. The second kappa shape index (κ2) is 10.4. The summed E-state index contributed by atoms with van der Waals surface area (Å²) >= 11 is 18.9. The molecule has 0 aliphatic carbocycles. The molecule has 0 saturated carbocycles. The summed E-state index contributed by atoms with van der Waals surface area (Å²) in [6.07, 6.45) is 2.27. The van der Waals surface area contributed by atoms with E-state index in [4.69, 9.17) is 44.9 Å². The maximum atomic E-state index is 6.30. The van der Waals surface area contributed by atoms with Crippen LogP contribution in [0.4, 0.5) is 5.69 Å². The molecule has 1 aliphatic rings. The van der Waals surface area contributed by atoms with Crippen LogP contribution in [0, 0.1) is 6.92 Å². The van der Waals surface area contributed by atoms with Gasteiger partial charge in [-0.15, -0.1) is 0 Å². The molecule has 4 nitrogen and oxygen atoms in total. The quantitative estimate of drug-likeness (QED) is 0.145. The van der Waals surface area contributed by atoms with Gasteiger partial charge in [0.2, 0.25) is 3.79 Å². The van der Waals surface area contributed by atoms with Gasteiger partial charge in [-0.1, -0.05) is 126 Å². The number of fused-ring (bicyclic) bond motifs is 2. The van der Waals surface area contributed by atoms with Crippen molar-refractivity contribution < 1.29 is 0 Å². The molecule has 3 heterocycles. The summed E-state index contributed by atoms with van der Waals surface area (Å²) in [5, 5.41) is 6.43. The van der Waals surface area contributed by atoms with Gasteiger partial charge in [0.25, 0.3) is 0 Å². The second-order valence-corrected chi connectivity index (χ2v) is 12.8. The van der Waals surface area contributed by atoms with Gasteiger partial charge in [-0.2, -0.15) is 5.10 Å². The highest BCUT2D eigenvalue weighted by atomic mass is 35.6. The molecule has 0 fully saturated rings. The van der Waals surface area contributed by atoms with E-state index in [-0.39, 0.29) is 0 Å². The first-order valence-corrected chi connectivity index (χ1v) is 14.8. The molecular weight excluding hydrogens is 583 g/mol. The van der Waals surface area contributed by atoms with Gasteiger partial charge in [-0.25, -0.2) is 4.68 Å². The van der Waals surface area contributed by atoms with E-state index < -0.39 is 9.33 Å². The average molecular weight is 608 g/mol. The van der Waals surface area contributed by atoms with Gasteiger partial charge in [-0.05, 0) is 53.4 Å². The van der Waals surface area contributed by atoms with E-state index in [0.717, 1.165) is 55.8 Å². The summed E-state index contributed by atoms with van der Waals surface area (Å²) < 4.78 is 0.588. The molecule has 7 rings (SSSR count). The number of aromatic nitrogens is 3. The number of alkyl halides is 3. The van der Waals surface area contributed by atoms with Crippen LogP contribution in [0.3, 0.4) is 0 Å². The zero-order valence-electron chi connectivity index (χ0n) is 22.7. The van der Waals surface area contributed by atoms with Crippen molar-refractivity contribution in [2.45, 2.75) is 22.7 Å². The van der Waals surface area contributed by atoms with Crippen LogP contribution in [0.5, 0.6) is 0 Å².